The molecule has 1 atom stereocenters. The van der Waals surface area contributed by atoms with Crippen LogP contribution in [0.3, 0.4) is 0 Å². The number of benzene rings is 1. The Morgan fingerprint density at radius 1 is 1.34 bits per heavy atom. The molecule has 0 saturated heterocycles. The van der Waals surface area contributed by atoms with Crippen molar-refractivity contribution in [2.45, 2.75) is 17.9 Å². The zero-order valence-corrected chi connectivity index (χ0v) is 15.5. The van der Waals surface area contributed by atoms with Crippen molar-refractivity contribution in [3.05, 3.63) is 47.5 Å². The van der Waals surface area contributed by atoms with Crippen LogP contribution in [0.1, 0.15) is 24.4 Å². The molecule has 0 spiro atoms. The number of amides is 3. The molecule has 1 aliphatic rings. The number of halogens is 2. The lowest BCUT2D eigenvalue weighted by molar-refractivity contribution is -0.121. The van der Waals surface area contributed by atoms with Crippen molar-refractivity contribution in [3.8, 4) is 6.07 Å². The van der Waals surface area contributed by atoms with E-state index in [9.17, 15) is 26.8 Å². The van der Waals surface area contributed by atoms with Crippen molar-refractivity contribution in [1.82, 2.24) is 19.6 Å². The van der Waals surface area contributed by atoms with Crippen LogP contribution in [-0.4, -0.2) is 41.2 Å². The normalized spacial score (nSPS) is 15.7. The van der Waals surface area contributed by atoms with Crippen molar-refractivity contribution < 1.29 is 26.8 Å². The van der Waals surface area contributed by atoms with E-state index >= 15 is 0 Å². The van der Waals surface area contributed by atoms with Gasteiger partial charge in [0.05, 0.1) is 29.8 Å². The average Bonchev–Trinajstić information content (AvgIpc) is 2.67. The minimum Gasteiger partial charge on any atom is -0.346 e. The van der Waals surface area contributed by atoms with E-state index in [1.54, 1.807) is 6.07 Å². The second kappa shape index (κ2) is 7.40. The van der Waals surface area contributed by atoms with Gasteiger partial charge in [-0.05, 0) is 19.1 Å². The molecule has 1 aromatic heterocycles. The quantitative estimate of drug-likeness (QED) is 0.749. The molecule has 1 aromatic carbocycles. The van der Waals surface area contributed by atoms with Crippen molar-refractivity contribution >= 4 is 27.6 Å². The zero-order chi connectivity index (χ0) is 21.3. The Balaban J connectivity index is 1.80. The highest BCUT2D eigenvalue weighted by Gasteiger charge is 2.41. The van der Waals surface area contributed by atoms with Crippen LogP contribution >= 0.6 is 0 Å². The first-order chi connectivity index (χ1) is 13.6. The molecule has 0 bridgehead atoms. The second-order valence-corrected chi connectivity index (χ2v) is 7.71. The molecule has 0 saturated carbocycles. The highest BCUT2D eigenvalue weighted by Crippen LogP contribution is 2.33. The summed E-state index contributed by atoms with van der Waals surface area (Å²) in [6.07, 6.45) is 2.44. The molecular formula is C16H12F2N6O4S. The van der Waals surface area contributed by atoms with Crippen molar-refractivity contribution in [3.63, 3.8) is 0 Å². The first kappa shape index (κ1) is 20.1. The van der Waals surface area contributed by atoms with Gasteiger partial charge in [-0.3, -0.25) is 9.78 Å². The average molecular weight is 422 g/mol. The maximum absolute atomic E-state index is 14.0. The summed E-state index contributed by atoms with van der Waals surface area (Å²) in [6, 6.07) is 1.44. The van der Waals surface area contributed by atoms with Gasteiger partial charge >= 0.3 is 6.03 Å². The number of fused-ring (bicyclic) bond motifs is 1. The predicted molar refractivity (Wildman–Crippen MR) is 92.6 cm³/mol. The number of hydrogen-bond donors (Lipinski definition) is 2. The van der Waals surface area contributed by atoms with Gasteiger partial charge in [0.25, 0.3) is 10.0 Å². The van der Waals surface area contributed by atoms with Crippen LogP contribution in [0.25, 0.3) is 0 Å². The number of hydrogen-bond acceptors (Lipinski definition) is 7. The van der Waals surface area contributed by atoms with E-state index in [2.05, 4.69) is 20.6 Å². The van der Waals surface area contributed by atoms with Gasteiger partial charge in [-0.1, -0.05) is 0 Å². The Labute approximate surface area is 163 Å². The van der Waals surface area contributed by atoms with Crippen LogP contribution in [0, 0.1) is 23.0 Å². The number of carbonyl (C=O) groups excluding carboxylic acids is 2. The van der Waals surface area contributed by atoms with Crippen LogP contribution in [0.15, 0.2) is 29.4 Å². The molecule has 3 amide bonds. The number of anilines is 1. The largest absolute Gasteiger partial charge is 0.346 e. The van der Waals surface area contributed by atoms with Gasteiger partial charge in [0, 0.05) is 0 Å². The molecule has 0 radical (unpaired) electrons. The molecular weight excluding hydrogens is 410 g/mol. The summed E-state index contributed by atoms with van der Waals surface area (Å²) in [5.74, 6) is -3.97. The molecule has 0 unspecified atom stereocenters. The fraction of sp³-hybridized carbons (Fsp3) is 0.188. The lowest BCUT2D eigenvalue weighted by Crippen LogP contribution is -2.49. The van der Waals surface area contributed by atoms with E-state index in [1.807, 2.05) is 0 Å². The second-order valence-electron chi connectivity index (χ2n) is 5.91. The molecule has 29 heavy (non-hydrogen) atoms. The van der Waals surface area contributed by atoms with Gasteiger partial charge < -0.3 is 10.6 Å². The van der Waals surface area contributed by atoms with E-state index < -0.39 is 56.8 Å². The van der Waals surface area contributed by atoms with Crippen LogP contribution < -0.4 is 10.6 Å². The Bertz CT molecular complexity index is 1150. The minimum atomic E-state index is -4.81. The SMILES string of the molecule is C[C@H](NC(=O)CN1C(=O)Nc2ccc(F)c(F)c2S1(=O)=O)c1cnc(C#N)cn1. The zero-order valence-electron chi connectivity index (χ0n) is 14.7. The molecule has 2 aromatic rings. The topological polar surface area (TPSA) is 145 Å². The predicted octanol–water partition coefficient (Wildman–Crippen LogP) is 1.04. The number of aromatic nitrogens is 2. The van der Waals surface area contributed by atoms with Crippen molar-refractivity contribution in [2.24, 2.45) is 0 Å². The summed E-state index contributed by atoms with van der Waals surface area (Å²) in [6.45, 7) is 0.542. The third-order valence-electron chi connectivity index (χ3n) is 3.96. The third kappa shape index (κ3) is 3.69. The van der Waals surface area contributed by atoms with Gasteiger partial charge in [0.1, 0.15) is 17.5 Å². The lowest BCUT2D eigenvalue weighted by Gasteiger charge is -2.28. The number of rotatable bonds is 4. The molecule has 150 valence electrons. The summed E-state index contributed by atoms with van der Waals surface area (Å²) in [5, 5.41) is 13.2. The summed E-state index contributed by atoms with van der Waals surface area (Å²) in [5.41, 5.74) is -0.0789. The molecule has 10 nitrogen and oxygen atoms in total. The molecule has 0 fully saturated rings. The van der Waals surface area contributed by atoms with Crippen LogP contribution in [0.2, 0.25) is 0 Å². The number of nitriles is 1. The number of nitrogens with one attached hydrogen (secondary N) is 2. The summed E-state index contributed by atoms with van der Waals surface area (Å²) in [7, 11) is -4.81. The molecule has 2 heterocycles. The summed E-state index contributed by atoms with van der Waals surface area (Å²) >= 11 is 0. The Morgan fingerprint density at radius 2 is 2.07 bits per heavy atom. The molecule has 3 rings (SSSR count). The van der Waals surface area contributed by atoms with Crippen LogP contribution in [-0.2, 0) is 14.8 Å². The Hall–Kier alpha value is -3.66. The molecule has 2 N–H and O–H groups in total. The maximum Gasteiger partial charge on any atom is 0.336 e. The van der Waals surface area contributed by atoms with E-state index in [-0.39, 0.29) is 15.7 Å². The Kier molecular flexibility index (Phi) is 5.12. The van der Waals surface area contributed by atoms with E-state index in [1.165, 1.54) is 19.3 Å². The molecule has 1 aliphatic heterocycles. The first-order valence-corrected chi connectivity index (χ1v) is 9.42. The smallest absolute Gasteiger partial charge is 0.336 e. The monoisotopic (exact) mass is 422 g/mol. The van der Waals surface area contributed by atoms with Crippen LogP contribution in [0.5, 0.6) is 0 Å². The summed E-state index contributed by atoms with van der Waals surface area (Å²) < 4.78 is 52.8. The summed E-state index contributed by atoms with van der Waals surface area (Å²) in [4.78, 5) is 31.0. The molecule has 13 heteroatoms. The van der Waals surface area contributed by atoms with Gasteiger partial charge in [0.2, 0.25) is 5.91 Å². The van der Waals surface area contributed by atoms with Gasteiger partial charge in [-0.25, -0.2) is 31.3 Å². The highest BCUT2D eigenvalue weighted by molar-refractivity contribution is 7.90. The third-order valence-corrected chi connectivity index (χ3v) is 5.75. The van der Waals surface area contributed by atoms with Crippen molar-refractivity contribution in [1.29, 1.82) is 5.26 Å². The van der Waals surface area contributed by atoms with Crippen LogP contribution in [0.4, 0.5) is 19.3 Å². The molecule has 0 aliphatic carbocycles. The number of carbonyl (C=O) groups is 2. The number of sulfonamides is 1. The standard InChI is InChI=1S/C16H12F2N6O4S/c1-8(12-6-20-9(4-19)5-21-12)22-13(25)7-24-16(26)23-11-3-2-10(17)14(18)15(11)29(24,27)28/h2-3,5-6,8H,7H2,1H3,(H,22,25)(H,23,26)/t8-/m0/s1. The number of nitrogens with zero attached hydrogens (tertiary/aromatic N) is 4. The Morgan fingerprint density at radius 3 is 2.69 bits per heavy atom. The van der Waals surface area contributed by atoms with E-state index in [0.29, 0.717) is 6.07 Å². The maximum atomic E-state index is 14.0. The fourth-order valence-electron chi connectivity index (χ4n) is 2.55. The van der Waals surface area contributed by atoms with Gasteiger partial charge in [-0.2, -0.15) is 5.26 Å². The highest BCUT2D eigenvalue weighted by atomic mass is 32.2. The number of urea groups is 1. The van der Waals surface area contributed by atoms with Gasteiger partial charge in [0.15, 0.2) is 17.3 Å². The minimum absolute atomic E-state index is 0.0660. The van der Waals surface area contributed by atoms with E-state index in [0.717, 1.165) is 6.07 Å². The first-order valence-electron chi connectivity index (χ1n) is 7.98. The van der Waals surface area contributed by atoms with Crippen molar-refractivity contribution in [2.75, 3.05) is 11.9 Å². The van der Waals surface area contributed by atoms with Gasteiger partial charge in [-0.15, -0.1) is 0 Å². The lowest BCUT2D eigenvalue weighted by atomic mass is 10.2. The fourth-order valence-corrected chi connectivity index (χ4v) is 4.04. The van der Waals surface area contributed by atoms with E-state index in [4.69, 9.17) is 5.26 Å².